The minimum Gasteiger partial charge on any atom is -0.455 e. The number of carbonyl (C=O) groups excluding carboxylic acids is 1. The van der Waals surface area contributed by atoms with E-state index in [0.29, 0.717) is 24.0 Å². The van der Waals surface area contributed by atoms with E-state index in [-0.39, 0.29) is 28.3 Å². The fraction of sp³-hybridized carbons (Fsp3) is 0.429. The van der Waals surface area contributed by atoms with E-state index in [1.165, 1.54) is 35.0 Å². The highest BCUT2D eigenvalue weighted by Crippen LogP contribution is 2.43. The largest absolute Gasteiger partial charge is 0.455 e. The van der Waals surface area contributed by atoms with E-state index in [1.54, 1.807) is 30.5 Å². The summed E-state index contributed by atoms with van der Waals surface area (Å²) in [6, 6.07) is 21.1. The van der Waals surface area contributed by atoms with Crippen molar-refractivity contribution in [1.82, 2.24) is 24.5 Å². The van der Waals surface area contributed by atoms with Crippen molar-refractivity contribution in [2.24, 2.45) is 11.3 Å². The summed E-state index contributed by atoms with van der Waals surface area (Å²) in [7, 11) is -4.57. The minimum atomic E-state index is -4.57. The van der Waals surface area contributed by atoms with Gasteiger partial charge in [-0.2, -0.15) is 0 Å². The molecule has 0 bridgehead atoms. The number of sulfonamides is 1. The second kappa shape index (κ2) is 19.4. The van der Waals surface area contributed by atoms with Crippen LogP contribution in [0.15, 0.2) is 95.7 Å². The number of nitro benzene ring substituents is 1. The normalized spacial score (nSPS) is 19.9. The number of carbonyl (C=O) groups is 1. The number of allylic oxidation sites excluding steroid dienone is 1. The summed E-state index contributed by atoms with van der Waals surface area (Å²) in [5, 5.41) is 17.0. The molecule has 1 atom stereocenters. The summed E-state index contributed by atoms with van der Waals surface area (Å²) in [6.45, 7) is 12.5. The molecule has 66 heavy (non-hydrogen) atoms. The molecule has 3 aliphatic heterocycles. The standard InChI is InChI=1S/C49H57ClN8O7S/c1-49(2)16-11-36(43(28-49)34-3-5-37(50)6-4-34)32-55-19-21-56(22-20-55)39-7-9-42(46(26-39)65-40-25-35-12-17-51-47(35)53-30-40)48(59)54-66(62,63)41-8-10-44(45(27-41)58(60)61)52-29-33-13-18-57(31-33)38-14-23-64-24-15-38/h3-10,12,17,25-27,30,33,38,52H,11,13-16,18-24,28-29,31-32H2,1-2H3,(H,51,53)(H,54,59). The number of nitrogens with zero attached hydrogens (tertiary/aromatic N) is 5. The number of H-pyrrole nitrogens is 1. The van der Waals surface area contributed by atoms with Crippen LogP contribution in [0.5, 0.6) is 11.5 Å². The molecule has 348 valence electrons. The number of piperazine rings is 1. The number of aromatic nitrogens is 2. The predicted molar refractivity (Wildman–Crippen MR) is 257 cm³/mol. The Kier molecular flexibility index (Phi) is 13.4. The predicted octanol–water partition coefficient (Wildman–Crippen LogP) is 8.73. The molecule has 1 aliphatic carbocycles. The van der Waals surface area contributed by atoms with E-state index in [2.05, 4.69) is 60.7 Å². The Morgan fingerprint density at radius 1 is 1.00 bits per heavy atom. The minimum absolute atomic E-state index is 0.0313. The van der Waals surface area contributed by atoms with Gasteiger partial charge in [-0.25, -0.2) is 18.1 Å². The first kappa shape index (κ1) is 45.6. The average Bonchev–Trinajstić information content (AvgIpc) is 3.99. The zero-order valence-electron chi connectivity index (χ0n) is 37.4. The van der Waals surface area contributed by atoms with Crippen LogP contribution in [-0.4, -0.2) is 111 Å². The molecule has 3 aromatic carbocycles. The van der Waals surface area contributed by atoms with Crippen molar-refractivity contribution >= 4 is 61.2 Å². The molecule has 5 heterocycles. The summed E-state index contributed by atoms with van der Waals surface area (Å²) in [5.74, 6) is -0.170. The molecule has 17 heteroatoms. The van der Waals surface area contributed by atoms with Gasteiger partial charge in [0.05, 0.1) is 21.6 Å². The van der Waals surface area contributed by atoms with Crippen LogP contribution in [0.1, 0.15) is 68.3 Å². The van der Waals surface area contributed by atoms with Gasteiger partial charge in [-0.1, -0.05) is 43.2 Å². The molecule has 1 amide bonds. The third-order valence-corrected chi connectivity index (χ3v) is 15.2. The fourth-order valence-corrected chi connectivity index (χ4v) is 11.0. The number of aromatic amines is 1. The van der Waals surface area contributed by atoms with E-state index >= 15 is 0 Å². The highest BCUT2D eigenvalue weighted by molar-refractivity contribution is 7.90. The molecule has 4 aliphatic rings. The maximum Gasteiger partial charge on any atom is 0.293 e. The van der Waals surface area contributed by atoms with Gasteiger partial charge in [0.1, 0.15) is 22.8 Å². The van der Waals surface area contributed by atoms with Crippen molar-refractivity contribution < 1.29 is 27.6 Å². The van der Waals surface area contributed by atoms with E-state index in [1.807, 2.05) is 18.2 Å². The number of anilines is 2. The third kappa shape index (κ3) is 10.5. The quantitative estimate of drug-likeness (QED) is 0.0715. The van der Waals surface area contributed by atoms with Gasteiger partial charge < -0.3 is 24.7 Å². The zero-order chi connectivity index (χ0) is 46.0. The van der Waals surface area contributed by atoms with Crippen LogP contribution < -0.4 is 19.7 Å². The zero-order valence-corrected chi connectivity index (χ0v) is 39.0. The Hall–Kier alpha value is -5.52. The van der Waals surface area contributed by atoms with Crippen molar-refractivity contribution in [3.63, 3.8) is 0 Å². The number of hydrogen-bond donors (Lipinski definition) is 3. The van der Waals surface area contributed by atoms with Gasteiger partial charge in [-0.3, -0.25) is 24.7 Å². The topological polar surface area (TPSA) is 175 Å². The molecule has 1 unspecified atom stereocenters. The van der Waals surface area contributed by atoms with Gasteiger partial charge in [0.2, 0.25) is 0 Å². The van der Waals surface area contributed by atoms with Crippen LogP contribution >= 0.6 is 11.6 Å². The second-order valence-electron chi connectivity index (χ2n) is 18.8. The maximum absolute atomic E-state index is 14.0. The second-order valence-corrected chi connectivity index (χ2v) is 20.9. The molecule has 0 radical (unpaired) electrons. The molecule has 9 rings (SSSR count). The maximum atomic E-state index is 14.0. The molecular weight excluding hydrogens is 880 g/mol. The fourth-order valence-electron chi connectivity index (χ4n) is 9.86. The Balaban J connectivity index is 0.900. The first-order valence-corrected chi connectivity index (χ1v) is 24.7. The lowest BCUT2D eigenvalue weighted by molar-refractivity contribution is -0.384. The summed E-state index contributed by atoms with van der Waals surface area (Å²) < 4.78 is 41.6. The Morgan fingerprint density at radius 3 is 2.56 bits per heavy atom. The molecule has 3 fully saturated rings. The highest BCUT2D eigenvalue weighted by atomic mass is 35.5. The van der Waals surface area contributed by atoms with Crippen LogP contribution in [0, 0.1) is 21.4 Å². The van der Waals surface area contributed by atoms with Crippen LogP contribution in [0.3, 0.4) is 0 Å². The number of ether oxygens (including phenoxy) is 2. The Morgan fingerprint density at radius 2 is 1.79 bits per heavy atom. The average molecular weight is 938 g/mol. The molecule has 15 nitrogen and oxygen atoms in total. The number of benzene rings is 3. The van der Waals surface area contributed by atoms with Gasteiger partial charge in [0, 0.05) is 99.5 Å². The van der Waals surface area contributed by atoms with E-state index in [4.69, 9.17) is 21.1 Å². The van der Waals surface area contributed by atoms with Gasteiger partial charge in [0.15, 0.2) is 0 Å². The van der Waals surface area contributed by atoms with Gasteiger partial charge >= 0.3 is 0 Å². The van der Waals surface area contributed by atoms with Gasteiger partial charge in [-0.05, 0) is 116 Å². The van der Waals surface area contributed by atoms with Crippen LogP contribution in [-0.2, 0) is 14.8 Å². The smallest absolute Gasteiger partial charge is 0.293 e. The van der Waals surface area contributed by atoms with E-state index < -0.39 is 31.4 Å². The summed E-state index contributed by atoms with van der Waals surface area (Å²) in [4.78, 5) is 40.0. The molecule has 5 aromatic rings. The van der Waals surface area contributed by atoms with Crippen LogP contribution in [0.4, 0.5) is 17.1 Å². The van der Waals surface area contributed by atoms with Crippen molar-refractivity contribution in [3.05, 3.63) is 117 Å². The molecule has 3 saturated heterocycles. The molecule has 3 N–H and O–H groups in total. The number of nitrogens with one attached hydrogen (secondary N) is 3. The molecule has 0 spiro atoms. The number of halogens is 1. The highest BCUT2D eigenvalue weighted by Gasteiger charge is 2.32. The molecule has 0 saturated carbocycles. The number of fused-ring (bicyclic) bond motifs is 1. The van der Waals surface area contributed by atoms with Crippen molar-refractivity contribution in [2.45, 2.75) is 63.3 Å². The van der Waals surface area contributed by atoms with Crippen molar-refractivity contribution in [1.29, 1.82) is 0 Å². The van der Waals surface area contributed by atoms with Gasteiger partial charge in [-0.15, -0.1) is 0 Å². The Labute approximate surface area is 390 Å². The number of rotatable bonds is 14. The Bertz CT molecular complexity index is 2730. The van der Waals surface area contributed by atoms with Crippen LogP contribution in [0.25, 0.3) is 16.6 Å². The number of pyridine rings is 1. The summed E-state index contributed by atoms with van der Waals surface area (Å²) in [6.07, 6.45) is 9.46. The third-order valence-electron chi connectivity index (χ3n) is 13.7. The molecule has 2 aromatic heterocycles. The lowest BCUT2D eigenvalue weighted by Gasteiger charge is -2.39. The number of hydrogen-bond acceptors (Lipinski definition) is 12. The first-order chi connectivity index (χ1) is 31.8. The summed E-state index contributed by atoms with van der Waals surface area (Å²) in [5.41, 5.74) is 5.60. The number of nitro groups is 1. The van der Waals surface area contributed by atoms with E-state index in [9.17, 15) is 23.3 Å². The van der Waals surface area contributed by atoms with Crippen molar-refractivity contribution in [2.75, 3.05) is 75.8 Å². The summed E-state index contributed by atoms with van der Waals surface area (Å²) >= 11 is 6.25. The van der Waals surface area contributed by atoms with Gasteiger partial charge in [0.25, 0.3) is 21.6 Å². The lowest BCUT2D eigenvalue weighted by atomic mass is 9.72. The first-order valence-electron chi connectivity index (χ1n) is 22.9. The monoisotopic (exact) mass is 936 g/mol. The number of amides is 1. The lowest BCUT2D eigenvalue weighted by Crippen LogP contribution is -2.47. The van der Waals surface area contributed by atoms with Crippen LogP contribution in [0.2, 0.25) is 5.02 Å². The number of likely N-dealkylation sites (tertiary alicyclic amines) is 1. The van der Waals surface area contributed by atoms with Crippen molar-refractivity contribution in [3.8, 4) is 11.5 Å². The molecular formula is C49H57ClN8O7S. The SMILES string of the molecule is CC1(C)CCC(CN2CCN(c3ccc(C(=O)NS(=O)(=O)c4ccc(NCC5CCN(C6CCOCC6)C5)c([N+](=O)[O-])c4)c(Oc4cnc5[nH]ccc5c4)c3)CC2)=C(c2ccc(Cl)cc2)C1. The van der Waals surface area contributed by atoms with E-state index in [0.717, 1.165) is 120 Å².